The molecule has 1 aromatic heterocycles. The fraction of sp³-hybridized carbons (Fsp3) is 0.615. The van der Waals surface area contributed by atoms with Gasteiger partial charge in [-0.1, -0.05) is 11.6 Å². The molecular formula is C13H21ClN2O3. The highest BCUT2D eigenvalue weighted by molar-refractivity contribution is 6.33. The third-order valence-corrected chi connectivity index (χ3v) is 2.98. The summed E-state index contributed by atoms with van der Waals surface area (Å²) in [4.78, 5) is 6.38. The lowest BCUT2D eigenvalue weighted by Crippen LogP contribution is -2.30. The lowest BCUT2D eigenvalue weighted by atomic mass is 10.3. The number of nitrogens with zero attached hydrogens (tertiary/aromatic N) is 2. The van der Waals surface area contributed by atoms with Gasteiger partial charge < -0.3 is 19.5 Å². The van der Waals surface area contributed by atoms with Gasteiger partial charge in [0.05, 0.1) is 18.2 Å². The number of aliphatic hydroxyl groups is 1. The maximum absolute atomic E-state index is 9.06. The van der Waals surface area contributed by atoms with Crippen LogP contribution in [-0.2, 0) is 16.1 Å². The van der Waals surface area contributed by atoms with Crippen molar-refractivity contribution in [3.8, 4) is 0 Å². The molecule has 0 fully saturated rings. The molecule has 6 heteroatoms. The predicted molar refractivity (Wildman–Crippen MR) is 75.8 cm³/mol. The Labute approximate surface area is 119 Å². The summed E-state index contributed by atoms with van der Waals surface area (Å²) in [6.07, 6.45) is 2.53. The van der Waals surface area contributed by atoms with Gasteiger partial charge >= 0.3 is 0 Å². The Morgan fingerprint density at radius 3 is 2.58 bits per heavy atom. The molecule has 0 aromatic carbocycles. The van der Waals surface area contributed by atoms with Crippen LogP contribution in [0.3, 0.4) is 0 Å². The SMILES string of the molecule is COCCCN(CCOC)c1ncc(CO)cc1Cl. The Balaban J connectivity index is 2.77. The first-order chi connectivity index (χ1) is 9.22. The molecule has 108 valence electrons. The molecule has 0 saturated heterocycles. The van der Waals surface area contributed by atoms with Crippen LogP contribution in [0.1, 0.15) is 12.0 Å². The smallest absolute Gasteiger partial charge is 0.147 e. The molecule has 1 N–H and O–H groups in total. The number of aliphatic hydroxyl groups excluding tert-OH is 1. The first kappa shape index (κ1) is 16.2. The Kier molecular flexibility index (Phi) is 7.74. The van der Waals surface area contributed by atoms with E-state index in [0.29, 0.717) is 36.2 Å². The number of hydrogen-bond acceptors (Lipinski definition) is 5. The lowest BCUT2D eigenvalue weighted by molar-refractivity contribution is 0.191. The van der Waals surface area contributed by atoms with Crippen molar-refractivity contribution in [2.45, 2.75) is 13.0 Å². The molecule has 0 amide bonds. The monoisotopic (exact) mass is 288 g/mol. The summed E-state index contributed by atoms with van der Waals surface area (Å²) in [5, 5.41) is 9.60. The zero-order valence-corrected chi connectivity index (χ0v) is 12.2. The van der Waals surface area contributed by atoms with Gasteiger partial charge in [0.25, 0.3) is 0 Å². The maximum atomic E-state index is 9.06. The number of methoxy groups -OCH3 is 2. The molecule has 19 heavy (non-hydrogen) atoms. The van der Waals surface area contributed by atoms with Crippen molar-refractivity contribution < 1.29 is 14.6 Å². The number of rotatable bonds is 9. The Bertz CT molecular complexity index is 377. The summed E-state index contributed by atoms with van der Waals surface area (Å²) in [5.41, 5.74) is 0.706. The number of pyridine rings is 1. The van der Waals surface area contributed by atoms with Crippen molar-refractivity contribution in [3.05, 3.63) is 22.8 Å². The summed E-state index contributed by atoms with van der Waals surface area (Å²) in [6, 6.07) is 1.74. The Morgan fingerprint density at radius 1 is 1.26 bits per heavy atom. The van der Waals surface area contributed by atoms with E-state index in [1.165, 1.54) is 0 Å². The van der Waals surface area contributed by atoms with Gasteiger partial charge in [-0.2, -0.15) is 0 Å². The molecule has 1 rings (SSSR count). The van der Waals surface area contributed by atoms with Crippen molar-refractivity contribution >= 4 is 17.4 Å². The first-order valence-corrected chi connectivity index (χ1v) is 6.58. The number of halogens is 1. The van der Waals surface area contributed by atoms with Crippen LogP contribution in [0, 0.1) is 0 Å². The van der Waals surface area contributed by atoms with E-state index < -0.39 is 0 Å². The molecule has 0 aliphatic heterocycles. The lowest BCUT2D eigenvalue weighted by Gasteiger charge is -2.24. The molecule has 1 aromatic rings. The molecule has 5 nitrogen and oxygen atoms in total. The molecule has 0 atom stereocenters. The Morgan fingerprint density at radius 2 is 2.00 bits per heavy atom. The molecule has 0 unspecified atom stereocenters. The van der Waals surface area contributed by atoms with E-state index in [2.05, 4.69) is 9.88 Å². The topological polar surface area (TPSA) is 54.8 Å². The van der Waals surface area contributed by atoms with Crippen LogP contribution < -0.4 is 4.90 Å². The van der Waals surface area contributed by atoms with Crippen LogP contribution in [0.2, 0.25) is 5.02 Å². The average molecular weight is 289 g/mol. The minimum Gasteiger partial charge on any atom is -0.392 e. The van der Waals surface area contributed by atoms with Crippen LogP contribution >= 0.6 is 11.6 Å². The largest absolute Gasteiger partial charge is 0.392 e. The highest BCUT2D eigenvalue weighted by atomic mass is 35.5. The molecule has 0 bridgehead atoms. The minimum absolute atomic E-state index is 0.0608. The zero-order chi connectivity index (χ0) is 14.1. The third kappa shape index (κ3) is 5.32. The zero-order valence-electron chi connectivity index (χ0n) is 11.4. The van der Waals surface area contributed by atoms with Gasteiger partial charge in [0, 0.05) is 40.1 Å². The quantitative estimate of drug-likeness (QED) is 0.701. The second-order valence-electron chi connectivity index (χ2n) is 4.13. The van der Waals surface area contributed by atoms with Gasteiger partial charge in [-0.05, 0) is 18.1 Å². The summed E-state index contributed by atoms with van der Waals surface area (Å²) in [7, 11) is 3.35. The highest BCUT2D eigenvalue weighted by Crippen LogP contribution is 2.24. The molecule has 1 heterocycles. The van der Waals surface area contributed by atoms with Gasteiger partial charge in [0.1, 0.15) is 5.82 Å². The summed E-state index contributed by atoms with van der Waals surface area (Å²) >= 11 is 6.21. The molecule has 0 radical (unpaired) electrons. The summed E-state index contributed by atoms with van der Waals surface area (Å²) in [5.74, 6) is 0.715. The molecule has 0 aliphatic carbocycles. The molecule has 0 aliphatic rings. The second-order valence-corrected chi connectivity index (χ2v) is 4.54. The van der Waals surface area contributed by atoms with Crippen LogP contribution in [0.5, 0.6) is 0 Å². The first-order valence-electron chi connectivity index (χ1n) is 6.21. The number of anilines is 1. The summed E-state index contributed by atoms with van der Waals surface area (Å²) in [6.45, 7) is 2.74. The van der Waals surface area contributed by atoms with E-state index in [9.17, 15) is 0 Å². The van der Waals surface area contributed by atoms with E-state index >= 15 is 0 Å². The molecule has 0 saturated carbocycles. The van der Waals surface area contributed by atoms with Gasteiger partial charge in [-0.25, -0.2) is 4.98 Å². The van der Waals surface area contributed by atoms with Crippen molar-refractivity contribution in [3.63, 3.8) is 0 Å². The fourth-order valence-corrected chi connectivity index (χ4v) is 2.02. The van der Waals surface area contributed by atoms with E-state index in [-0.39, 0.29) is 6.61 Å². The van der Waals surface area contributed by atoms with Gasteiger partial charge in [-0.15, -0.1) is 0 Å². The average Bonchev–Trinajstić information content (AvgIpc) is 2.43. The minimum atomic E-state index is -0.0608. The third-order valence-electron chi connectivity index (χ3n) is 2.70. The molecule has 0 spiro atoms. The number of hydrogen-bond donors (Lipinski definition) is 1. The van der Waals surface area contributed by atoms with E-state index in [1.54, 1.807) is 26.5 Å². The van der Waals surface area contributed by atoms with Gasteiger partial charge in [0.2, 0.25) is 0 Å². The predicted octanol–water partition coefficient (Wildman–Crippen LogP) is 1.72. The van der Waals surface area contributed by atoms with E-state index in [1.807, 2.05) is 0 Å². The summed E-state index contributed by atoms with van der Waals surface area (Å²) < 4.78 is 10.2. The Hall–Kier alpha value is -0.880. The number of aromatic nitrogens is 1. The van der Waals surface area contributed by atoms with E-state index in [0.717, 1.165) is 13.0 Å². The van der Waals surface area contributed by atoms with Crippen molar-refractivity contribution in [1.29, 1.82) is 0 Å². The maximum Gasteiger partial charge on any atom is 0.147 e. The van der Waals surface area contributed by atoms with Crippen molar-refractivity contribution in [2.75, 3.05) is 45.4 Å². The standard InChI is InChI=1S/C13H21ClN2O3/c1-18-6-3-4-16(5-7-19-2)13-12(14)8-11(10-17)9-15-13/h8-9,17H,3-7,10H2,1-2H3. The van der Waals surface area contributed by atoms with Gasteiger partial charge in [-0.3, -0.25) is 0 Å². The highest BCUT2D eigenvalue weighted by Gasteiger charge is 2.12. The van der Waals surface area contributed by atoms with Crippen molar-refractivity contribution in [1.82, 2.24) is 4.98 Å². The van der Waals surface area contributed by atoms with Crippen LogP contribution in [0.4, 0.5) is 5.82 Å². The fourth-order valence-electron chi connectivity index (χ4n) is 1.71. The van der Waals surface area contributed by atoms with Crippen LogP contribution in [0.15, 0.2) is 12.3 Å². The van der Waals surface area contributed by atoms with Crippen molar-refractivity contribution in [2.24, 2.45) is 0 Å². The second kappa shape index (κ2) is 9.09. The van der Waals surface area contributed by atoms with Gasteiger partial charge in [0.15, 0.2) is 0 Å². The molecular weight excluding hydrogens is 268 g/mol. The number of ether oxygens (including phenoxy) is 2. The van der Waals surface area contributed by atoms with Crippen LogP contribution in [0.25, 0.3) is 0 Å². The normalized spacial score (nSPS) is 10.7. The van der Waals surface area contributed by atoms with Crippen LogP contribution in [-0.4, -0.2) is 50.6 Å². The van der Waals surface area contributed by atoms with E-state index in [4.69, 9.17) is 26.2 Å².